The molecule has 2 aromatic rings. The van der Waals surface area contributed by atoms with Crippen LogP contribution in [0, 0.1) is 20.8 Å². The van der Waals surface area contributed by atoms with Crippen molar-refractivity contribution in [2.45, 2.75) is 39.5 Å². The van der Waals surface area contributed by atoms with Crippen molar-refractivity contribution in [2.24, 2.45) is 0 Å². The fourth-order valence-corrected chi connectivity index (χ4v) is 2.72. The van der Waals surface area contributed by atoms with Gasteiger partial charge in [0.1, 0.15) is 11.4 Å². The number of aryl methyl sites for hydroxylation is 3. The smallest absolute Gasteiger partial charge is 0.192 e. The Labute approximate surface area is 113 Å². The number of rotatable bonds is 3. The maximum atomic E-state index is 5.62. The van der Waals surface area contributed by atoms with E-state index in [1.54, 1.807) is 0 Å². The number of hydrogen-bond acceptors (Lipinski definition) is 4. The van der Waals surface area contributed by atoms with Crippen LogP contribution >= 0.6 is 0 Å². The van der Waals surface area contributed by atoms with Crippen LogP contribution in [0.25, 0.3) is 11.3 Å². The monoisotopic (exact) mass is 257 g/mol. The predicted octanol–water partition coefficient (Wildman–Crippen LogP) is 3.58. The van der Waals surface area contributed by atoms with E-state index in [1.165, 1.54) is 18.4 Å². The van der Waals surface area contributed by atoms with Crippen molar-refractivity contribution < 1.29 is 4.52 Å². The minimum Gasteiger partial charge on any atom is -0.383 e. The van der Waals surface area contributed by atoms with Crippen LogP contribution < -0.4 is 5.32 Å². The molecule has 0 atom stereocenters. The average Bonchev–Trinajstić information content (AvgIpc) is 3.09. The van der Waals surface area contributed by atoms with Crippen LogP contribution in [0.2, 0.25) is 0 Å². The molecule has 19 heavy (non-hydrogen) atoms. The van der Waals surface area contributed by atoms with E-state index in [1.807, 2.05) is 20.9 Å². The molecule has 1 aliphatic carbocycles. The molecule has 4 heteroatoms. The van der Waals surface area contributed by atoms with E-state index >= 15 is 0 Å². The van der Waals surface area contributed by atoms with Gasteiger partial charge in [0.2, 0.25) is 0 Å². The number of nitrogens with one attached hydrogen (secondary N) is 1. The van der Waals surface area contributed by atoms with Gasteiger partial charge in [0.05, 0.1) is 0 Å². The summed E-state index contributed by atoms with van der Waals surface area (Å²) in [5, 5.41) is 7.51. The van der Waals surface area contributed by atoms with E-state index in [9.17, 15) is 0 Å². The Morgan fingerprint density at radius 2 is 2.00 bits per heavy atom. The molecular formula is C15H19N3O. The number of nitrogens with zero attached hydrogens (tertiary/aromatic N) is 2. The molecule has 0 saturated heterocycles. The highest BCUT2D eigenvalue weighted by Gasteiger charge is 2.32. The summed E-state index contributed by atoms with van der Waals surface area (Å²) in [6, 6.07) is 2.08. The first-order valence-electron chi connectivity index (χ1n) is 6.74. The van der Waals surface area contributed by atoms with Crippen molar-refractivity contribution in [1.82, 2.24) is 10.1 Å². The third-order valence-corrected chi connectivity index (χ3v) is 3.69. The highest BCUT2D eigenvalue weighted by atomic mass is 16.5. The van der Waals surface area contributed by atoms with Crippen LogP contribution in [-0.2, 0) is 0 Å². The molecule has 1 saturated carbocycles. The lowest BCUT2D eigenvalue weighted by Crippen LogP contribution is -1.98. The second kappa shape index (κ2) is 4.37. The fraction of sp³-hybridized carbons (Fsp3) is 0.467. The van der Waals surface area contributed by atoms with Crippen LogP contribution in [0.3, 0.4) is 0 Å². The standard InChI is InChI=1S/C15H19N3O/c1-8-7-9(2)17-10(3)12(8)15-14(16-4)13(18-19-15)11-5-6-11/h7,11,16H,5-6H2,1-4H3. The summed E-state index contributed by atoms with van der Waals surface area (Å²) < 4.78 is 5.62. The molecule has 3 rings (SSSR count). The second-order valence-corrected chi connectivity index (χ2v) is 5.34. The van der Waals surface area contributed by atoms with Gasteiger partial charge >= 0.3 is 0 Å². The summed E-state index contributed by atoms with van der Waals surface area (Å²) in [6.45, 7) is 6.13. The van der Waals surface area contributed by atoms with Gasteiger partial charge < -0.3 is 9.84 Å². The third kappa shape index (κ3) is 2.01. The highest BCUT2D eigenvalue weighted by molar-refractivity contribution is 5.78. The van der Waals surface area contributed by atoms with Gasteiger partial charge in [-0.25, -0.2) is 0 Å². The van der Waals surface area contributed by atoms with Crippen LogP contribution in [0.4, 0.5) is 5.69 Å². The molecule has 0 radical (unpaired) electrons. The number of hydrogen-bond donors (Lipinski definition) is 1. The number of aromatic nitrogens is 2. The van der Waals surface area contributed by atoms with Gasteiger partial charge in [-0.05, 0) is 45.2 Å². The first kappa shape index (κ1) is 12.2. The van der Waals surface area contributed by atoms with Crippen LogP contribution in [-0.4, -0.2) is 17.2 Å². The van der Waals surface area contributed by atoms with Crippen LogP contribution in [0.1, 0.15) is 41.4 Å². The SMILES string of the molecule is CNc1c(C2CC2)noc1-c1c(C)cc(C)nc1C. The molecule has 0 aromatic carbocycles. The zero-order valence-corrected chi connectivity index (χ0v) is 11.9. The van der Waals surface area contributed by atoms with Gasteiger partial charge in [0.25, 0.3) is 0 Å². The van der Waals surface area contributed by atoms with Crippen LogP contribution in [0.15, 0.2) is 10.6 Å². The van der Waals surface area contributed by atoms with Crippen molar-refractivity contribution in [3.63, 3.8) is 0 Å². The zero-order chi connectivity index (χ0) is 13.6. The molecular weight excluding hydrogens is 238 g/mol. The molecule has 4 nitrogen and oxygen atoms in total. The molecule has 1 aliphatic rings. The quantitative estimate of drug-likeness (QED) is 0.913. The van der Waals surface area contributed by atoms with Gasteiger partial charge in [-0.3, -0.25) is 4.98 Å². The minimum atomic E-state index is 0.568. The molecule has 0 spiro atoms. The lowest BCUT2D eigenvalue weighted by atomic mass is 10.0. The normalized spacial score (nSPS) is 14.7. The van der Waals surface area contributed by atoms with Crippen molar-refractivity contribution in [3.05, 3.63) is 28.7 Å². The Balaban J connectivity index is 2.17. The largest absolute Gasteiger partial charge is 0.383 e. The molecule has 0 unspecified atom stereocenters. The van der Waals surface area contributed by atoms with Crippen molar-refractivity contribution in [1.29, 1.82) is 0 Å². The van der Waals surface area contributed by atoms with E-state index in [2.05, 4.69) is 28.4 Å². The molecule has 0 bridgehead atoms. The van der Waals surface area contributed by atoms with E-state index in [0.717, 1.165) is 34.1 Å². The minimum absolute atomic E-state index is 0.568. The summed E-state index contributed by atoms with van der Waals surface area (Å²) in [5.41, 5.74) is 6.37. The average molecular weight is 257 g/mol. The van der Waals surface area contributed by atoms with Crippen molar-refractivity contribution in [3.8, 4) is 11.3 Å². The second-order valence-electron chi connectivity index (χ2n) is 5.34. The molecule has 2 aromatic heterocycles. The number of pyridine rings is 1. The Morgan fingerprint density at radius 1 is 1.26 bits per heavy atom. The maximum absolute atomic E-state index is 5.62. The van der Waals surface area contributed by atoms with Gasteiger partial charge in [-0.15, -0.1) is 0 Å². The summed E-state index contributed by atoms with van der Waals surface area (Å²) in [4.78, 5) is 4.54. The highest BCUT2D eigenvalue weighted by Crippen LogP contribution is 2.46. The summed E-state index contributed by atoms with van der Waals surface area (Å²) >= 11 is 0. The topological polar surface area (TPSA) is 51.0 Å². The Kier molecular flexibility index (Phi) is 2.81. The first-order chi connectivity index (χ1) is 9.11. The zero-order valence-electron chi connectivity index (χ0n) is 11.9. The Bertz CT molecular complexity index is 603. The van der Waals surface area contributed by atoms with E-state index in [0.29, 0.717) is 5.92 Å². The summed E-state index contributed by atoms with van der Waals surface area (Å²) in [6.07, 6.45) is 2.43. The van der Waals surface area contributed by atoms with Crippen LogP contribution in [0.5, 0.6) is 0 Å². The Hall–Kier alpha value is -1.84. The van der Waals surface area contributed by atoms with E-state index in [-0.39, 0.29) is 0 Å². The number of anilines is 1. The maximum Gasteiger partial charge on any atom is 0.192 e. The summed E-state index contributed by atoms with van der Waals surface area (Å²) in [7, 11) is 1.92. The summed E-state index contributed by atoms with van der Waals surface area (Å²) in [5.74, 6) is 1.39. The molecule has 1 N–H and O–H groups in total. The molecule has 100 valence electrons. The van der Waals surface area contributed by atoms with E-state index < -0.39 is 0 Å². The van der Waals surface area contributed by atoms with Gasteiger partial charge in [-0.2, -0.15) is 0 Å². The lowest BCUT2D eigenvalue weighted by molar-refractivity contribution is 0.423. The Morgan fingerprint density at radius 3 is 2.58 bits per heavy atom. The molecule has 0 amide bonds. The fourth-order valence-electron chi connectivity index (χ4n) is 2.72. The molecule has 2 heterocycles. The third-order valence-electron chi connectivity index (χ3n) is 3.69. The predicted molar refractivity (Wildman–Crippen MR) is 75.5 cm³/mol. The van der Waals surface area contributed by atoms with E-state index in [4.69, 9.17) is 4.52 Å². The van der Waals surface area contributed by atoms with Crippen molar-refractivity contribution >= 4 is 5.69 Å². The first-order valence-corrected chi connectivity index (χ1v) is 6.74. The van der Waals surface area contributed by atoms with Gasteiger partial charge in [-0.1, -0.05) is 5.16 Å². The lowest BCUT2D eigenvalue weighted by Gasteiger charge is -2.09. The van der Waals surface area contributed by atoms with Gasteiger partial charge in [0.15, 0.2) is 5.76 Å². The van der Waals surface area contributed by atoms with Gasteiger partial charge in [0, 0.05) is 29.9 Å². The molecule has 1 fully saturated rings. The molecule has 0 aliphatic heterocycles. The van der Waals surface area contributed by atoms with Crippen molar-refractivity contribution in [2.75, 3.05) is 12.4 Å².